The van der Waals surface area contributed by atoms with Crippen LogP contribution in [-0.2, 0) is 20.6 Å². The minimum Gasteiger partial charge on any atom is -0.490 e. The molecule has 0 bridgehead atoms. The number of nitrogens with one attached hydrogen (secondary N) is 2. The van der Waals surface area contributed by atoms with E-state index in [9.17, 15) is 32.3 Å². The van der Waals surface area contributed by atoms with Crippen LogP contribution in [-0.4, -0.2) is 41.2 Å². The SMILES string of the molecule is CCOc1cc([C@@H]2c3sc(=O)[nH]c3S[C@H]3C(=O)N(c4ccc(Cl)cc4)C(=O)[C@@H]23)ccc1OCC(=O)Nc1ccccc1C(F)(F)F. The predicted molar refractivity (Wildman–Crippen MR) is 167 cm³/mol. The number of hydrogen-bond acceptors (Lipinski definition) is 8. The molecule has 3 amide bonds. The van der Waals surface area contributed by atoms with Crippen LogP contribution in [0.2, 0.25) is 5.02 Å². The largest absolute Gasteiger partial charge is 0.490 e. The van der Waals surface area contributed by atoms with Crippen molar-refractivity contribution < 1.29 is 37.0 Å². The molecule has 3 aromatic carbocycles. The van der Waals surface area contributed by atoms with Crippen molar-refractivity contribution in [2.45, 2.75) is 29.3 Å². The Morgan fingerprint density at radius 1 is 1.00 bits per heavy atom. The lowest BCUT2D eigenvalue weighted by Crippen LogP contribution is -2.32. The van der Waals surface area contributed by atoms with Crippen LogP contribution in [0.3, 0.4) is 0 Å². The quantitative estimate of drug-likeness (QED) is 0.208. The summed E-state index contributed by atoms with van der Waals surface area (Å²) in [7, 11) is 0. The molecule has 2 aliphatic rings. The molecular formula is C31H23ClF3N3O6S2. The highest BCUT2D eigenvalue weighted by molar-refractivity contribution is 8.00. The van der Waals surface area contributed by atoms with Gasteiger partial charge in [0, 0.05) is 15.8 Å². The first-order valence-corrected chi connectivity index (χ1v) is 15.9. The van der Waals surface area contributed by atoms with E-state index in [1.807, 2.05) is 0 Å². The number of anilines is 2. The molecule has 2 N–H and O–H groups in total. The van der Waals surface area contributed by atoms with Gasteiger partial charge in [-0.25, -0.2) is 4.90 Å². The summed E-state index contributed by atoms with van der Waals surface area (Å²) in [6, 6.07) is 15.7. The van der Waals surface area contributed by atoms with Gasteiger partial charge in [0.15, 0.2) is 18.1 Å². The van der Waals surface area contributed by atoms with E-state index in [1.165, 1.54) is 18.2 Å². The summed E-state index contributed by atoms with van der Waals surface area (Å²) >= 11 is 8.11. The van der Waals surface area contributed by atoms with Gasteiger partial charge in [-0.05, 0) is 61.0 Å². The number of H-pyrrole nitrogens is 1. The summed E-state index contributed by atoms with van der Waals surface area (Å²) in [4.78, 5) is 56.7. The molecule has 4 aromatic rings. The Hall–Kier alpha value is -4.27. The van der Waals surface area contributed by atoms with Gasteiger partial charge in [0.05, 0.1) is 34.5 Å². The van der Waals surface area contributed by atoms with E-state index in [0.717, 1.165) is 40.1 Å². The number of amides is 3. The molecule has 1 saturated heterocycles. The number of aromatic amines is 1. The van der Waals surface area contributed by atoms with E-state index in [2.05, 4.69) is 10.3 Å². The molecule has 46 heavy (non-hydrogen) atoms. The highest BCUT2D eigenvalue weighted by Crippen LogP contribution is 2.54. The van der Waals surface area contributed by atoms with Crippen LogP contribution in [0, 0.1) is 5.92 Å². The first kappa shape index (κ1) is 31.7. The number of fused-ring (bicyclic) bond motifs is 2. The van der Waals surface area contributed by atoms with E-state index in [1.54, 1.807) is 43.3 Å². The van der Waals surface area contributed by atoms with Gasteiger partial charge >= 0.3 is 11.0 Å². The van der Waals surface area contributed by atoms with Crippen molar-refractivity contribution in [1.29, 1.82) is 0 Å². The monoisotopic (exact) mass is 689 g/mol. The van der Waals surface area contributed by atoms with Gasteiger partial charge in [-0.2, -0.15) is 13.2 Å². The molecular weight excluding hydrogens is 667 g/mol. The summed E-state index contributed by atoms with van der Waals surface area (Å²) in [6.45, 7) is 1.30. The Morgan fingerprint density at radius 2 is 1.74 bits per heavy atom. The molecule has 0 spiro atoms. The minimum absolute atomic E-state index is 0.130. The maximum atomic E-state index is 13.9. The maximum absolute atomic E-state index is 13.9. The average Bonchev–Trinajstić information content (AvgIpc) is 3.50. The van der Waals surface area contributed by atoms with E-state index < -0.39 is 58.8 Å². The van der Waals surface area contributed by atoms with Gasteiger partial charge in [-0.1, -0.05) is 52.9 Å². The van der Waals surface area contributed by atoms with Gasteiger partial charge in [0.1, 0.15) is 5.25 Å². The summed E-state index contributed by atoms with van der Waals surface area (Å²) in [5, 5.41) is 2.35. The van der Waals surface area contributed by atoms with Crippen molar-refractivity contribution in [1.82, 2.24) is 4.98 Å². The lowest BCUT2D eigenvalue weighted by Gasteiger charge is -2.30. The molecule has 1 aromatic heterocycles. The number of benzene rings is 3. The van der Waals surface area contributed by atoms with Gasteiger partial charge in [0.2, 0.25) is 11.8 Å². The van der Waals surface area contributed by atoms with E-state index >= 15 is 0 Å². The molecule has 2 aliphatic heterocycles. The fraction of sp³-hybridized carbons (Fsp3) is 0.226. The van der Waals surface area contributed by atoms with Crippen molar-refractivity contribution >= 4 is 63.8 Å². The molecule has 3 atom stereocenters. The molecule has 0 aliphatic carbocycles. The van der Waals surface area contributed by atoms with Crippen LogP contribution in [0.15, 0.2) is 76.6 Å². The lowest BCUT2D eigenvalue weighted by molar-refractivity contribution is -0.137. The van der Waals surface area contributed by atoms with Crippen molar-refractivity contribution in [3.8, 4) is 11.5 Å². The van der Waals surface area contributed by atoms with Crippen molar-refractivity contribution in [2.24, 2.45) is 5.92 Å². The smallest absolute Gasteiger partial charge is 0.418 e. The van der Waals surface area contributed by atoms with Crippen LogP contribution in [0.5, 0.6) is 11.5 Å². The number of para-hydroxylation sites is 1. The van der Waals surface area contributed by atoms with E-state index in [0.29, 0.717) is 26.2 Å². The molecule has 9 nitrogen and oxygen atoms in total. The molecule has 15 heteroatoms. The Morgan fingerprint density at radius 3 is 2.46 bits per heavy atom. The van der Waals surface area contributed by atoms with Crippen LogP contribution >= 0.6 is 34.7 Å². The van der Waals surface area contributed by atoms with Gasteiger partial charge < -0.3 is 19.8 Å². The number of rotatable bonds is 8. The van der Waals surface area contributed by atoms with Crippen molar-refractivity contribution in [3.63, 3.8) is 0 Å². The third-order valence-corrected chi connectivity index (χ3v) is 10.1. The number of halogens is 4. The molecule has 0 unspecified atom stereocenters. The maximum Gasteiger partial charge on any atom is 0.418 e. The summed E-state index contributed by atoms with van der Waals surface area (Å²) in [5.41, 5.74) is -0.462. The fourth-order valence-corrected chi connectivity index (χ4v) is 8.14. The Kier molecular flexibility index (Phi) is 8.61. The van der Waals surface area contributed by atoms with Gasteiger partial charge in [0.25, 0.3) is 5.91 Å². The number of nitrogens with zero attached hydrogens (tertiary/aromatic N) is 1. The Balaban J connectivity index is 1.29. The second kappa shape index (κ2) is 12.5. The fourth-order valence-electron chi connectivity index (χ4n) is 5.50. The molecule has 0 radical (unpaired) electrons. The summed E-state index contributed by atoms with van der Waals surface area (Å²) in [6.07, 6.45) is -4.66. The van der Waals surface area contributed by atoms with Gasteiger partial charge in [-0.3, -0.25) is 19.2 Å². The Bertz CT molecular complexity index is 1900. The van der Waals surface area contributed by atoms with Crippen LogP contribution in [0.1, 0.15) is 28.8 Å². The van der Waals surface area contributed by atoms with Crippen LogP contribution < -0.4 is 24.6 Å². The molecule has 6 rings (SSSR count). The first-order valence-electron chi connectivity index (χ1n) is 13.8. The number of imide groups is 1. The number of thioether (sulfide) groups is 1. The second-order valence-electron chi connectivity index (χ2n) is 10.3. The zero-order valence-electron chi connectivity index (χ0n) is 23.7. The van der Waals surface area contributed by atoms with Crippen LogP contribution in [0.4, 0.5) is 24.5 Å². The summed E-state index contributed by atoms with van der Waals surface area (Å²) < 4.78 is 51.5. The number of carbonyl (C=O) groups is 3. The third kappa shape index (κ3) is 5.99. The third-order valence-electron chi connectivity index (χ3n) is 7.40. The number of alkyl halides is 3. The van der Waals surface area contributed by atoms with E-state index in [-0.39, 0.29) is 23.0 Å². The Labute approximate surface area is 272 Å². The lowest BCUT2D eigenvalue weighted by atomic mass is 9.83. The topological polar surface area (TPSA) is 118 Å². The molecule has 1 fully saturated rings. The highest BCUT2D eigenvalue weighted by atomic mass is 35.5. The second-order valence-corrected chi connectivity index (χ2v) is 12.9. The number of ether oxygens (including phenoxy) is 2. The molecule has 3 heterocycles. The normalized spacial score (nSPS) is 19.1. The zero-order valence-corrected chi connectivity index (χ0v) is 26.1. The van der Waals surface area contributed by atoms with Gasteiger partial charge in [-0.15, -0.1) is 0 Å². The highest BCUT2D eigenvalue weighted by Gasteiger charge is 2.56. The molecule has 238 valence electrons. The predicted octanol–water partition coefficient (Wildman–Crippen LogP) is 6.32. The first-order chi connectivity index (χ1) is 22.0. The zero-order chi connectivity index (χ0) is 32.7. The number of carbonyl (C=O) groups excluding carboxylic acids is 3. The van der Waals surface area contributed by atoms with E-state index in [4.69, 9.17) is 21.1 Å². The minimum atomic E-state index is -4.66. The number of aromatic nitrogens is 1. The summed E-state index contributed by atoms with van der Waals surface area (Å²) in [5.74, 6) is -2.90. The average molecular weight is 690 g/mol. The number of hydrogen-bond donors (Lipinski definition) is 2. The standard InChI is InChI=1S/C31H23ClF3N3O6S2/c1-2-43-21-13-15(7-12-20(21)44-14-22(39)36-19-6-4-3-5-18(19)31(33,34)35)23-24-26(45-27-25(23)46-30(42)37-27)29(41)38(28(24)40)17-10-8-16(32)9-11-17/h3-13,23-24,26H,2,14H2,1H3,(H,36,39)(H,37,42)/t23-,24-,26+/m0/s1. The van der Waals surface area contributed by atoms with Crippen molar-refractivity contribution in [3.05, 3.63) is 97.4 Å². The van der Waals surface area contributed by atoms with Crippen molar-refractivity contribution in [2.75, 3.05) is 23.4 Å². The van der Waals surface area contributed by atoms with Crippen LogP contribution in [0.25, 0.3) is 0 Å². The molecule has 0 saturated carbocycles. The number of thiazole rings is 1.